The zero-order chi connectivity index (χ0) is 10.3. The van der Waals surface area contributed by atoms with E-state index in [0.29, 0.717) is 6.17 Å². The third-order valence-corrected chi connectivity index (χ3v) is 4.70. The number of hydrogen-bond acceptors (Lipinski definition) is 3. The molecular weight excluding hydrogens is 178 g/mol. The largest absolute Gasteiger partial charge is 0.320 e. The quantitative estimate of drug-likeness (QED) is 0.471. The molecule has 0 radical (unpaired) electrons. The fraction of sp³-hybridized carbons (Fsp3) is 1.00. The smallest absolute Gasteiger partial charge is 0.173 e. The highest BCUT2D eigenvalue weighted by Gasteiger charge is 2.11. The van der Waals surface area contributed by atoms with Gasteiger partial charge in [-0.1, -0.05) is 20.8 Å². The average Bonchev–Trinajstić information content (AvgIpc) is 2.14. The summed E-state index contributed by atoms with van der Waals surface area (Å²) in [5.41, 5.74) is 0. The lowest BCUT2D eigenvalue weighted by Gasteiger charge is -2.31. The van der Waals surface area contributed by atoms with Crippen molar-refractivity contribution < 1.29 is 0 Å². The molecule has 0 rings (SSSR count). The number of nitrogens with one attached hydrogen (secondary N) is 1. The van der Waals surface area contributed by atoms with Gasteiger partial charge in [-0.3, -0.25) is 0 Å². The third-order valence-electron chi connectivity index (χ3n) is 2.42. The van der Waals surface area contributed by atoms with Crippen molar-refractivity contribution in [1.29, 1.82) is 0 Å². The summed E-state index contributed by atoms with van der Waals surface area (Å²) >= 11 is 0. The van der Waals surface area contributed by atoms with Crippen molar-refractivity contribution in [1.82, 2.24) is 14.4 Å². The molecule has 13 heavy (non-hydrogen) atoms. The predicted molar refractivity (Wildman–Crippen MR) is 62.4 cm³/mol. The molecule has 0 aliphatic rings. The van der Waals surface area contributed by atoms with Gasteiger partial charge in [-0.25, -0.2) is 0 Å². The molecule has 0 aromatic heterocycles. The lowest BCUT2D eigenvalue weighted by molar-refractivity contribution is 0.294. The molecule has 1 atom stereocenters. The summed E-state index contributed by atoms with van der Waals surface area (Å²) in [6.45, 7) is 12.3. The van der Waals surface area contributed by atoms with E-state index in [1.54, 1.807) is 0 Å². The van der Waals surface area contributed by atoms with Crippen LogP contribution in [-0.4, -0.2) is 51.8 Å². The number of rotatable bonds is 7. The summed E-state index contributed by atoms with van der Waals surface area (Å²) in [5, 5.41) is 3.46. The molecular formula is C9H25N3Si. The molecule has 3 nitrogen and oxygen atoms in total. The monoisotopic (exact) mass is 203 g/mol. The average molecular weight is 203 g/mol. The second kappa shape index (κ2) is 7.50. The third kappa shape index (κ3) is 5.41. The van der Waals surface area contributed by atoms with Crippen molar-refractivity contribution in [2.24, 2.45) is 0 Å². The van der Waals surface area contributed by atoms with Crippen molar-refractivity contribution in [2.45, 2.75) is 33.9 Å². The van der Waals surface area contributed by atoms with Crippen LogP contribution in [-0.2, 0) is 0 Å². The van der Waals surface area contributed by atoms with Crippen molar-refractivity contribution in [2.75, 3.05) is 26.7 Å². The Balaban J connectivity index is 3.86. The van der Waals surface area contributed by atoms with Crippen LogP contribution in [0.4, 0.5) is 0 Å². The second-order valence-electron chi connectivity index (χ2n) is 3.45. The van der Waals surface area contributed by atoms with Gasteiger partial charge in [0.15, 0.2) is 9.84 Å². The molecule has 1 N–H and O–H groups in total. The predicted octanol–water partition coefficient (Wildman–Crippen LogP) is 0.214. The number of nitrogens with zero attached hydrogens (tertiary/aromatic N) is 2. The second-order valence-corrected chi connectivity index (χ2v) is 5.63. The highest BCUT2D eigenvalue weighted by Crippen LogP contribution is 1.94. The first-order chi connectivity index (χ1) is 6.15. The van der Waals surface area contributed by atoms with E-state index in [2.05, 4.69) is 49.2 Å². The van der Waals surface area contributed by atoms with E-state index in [9.17, 15) is 0 Å². The molecule has 0 fully saturated rings. The maximum atomic E-state index is 3.46. The summed E-state index contributed by atoms with van der Waals surface area (Å²) in [7, 11) is 2.00. The van der Waals surface area contributed by atoms with E-state index in [1.165, 1.54) is 6.54 Å². The molecule has 0 amide bonds. The Morgan fingerprint density at radius 3 is 2.23 bits per heavy atom. The Bertz CT molecular complexity index is 121. The summed E-state index contributed by atoms with van der Waals surface area (Å²) in [4.78, 5) is 0. The lowest BCUT2D eigenvalue weighted by atomic mass is 10.5. The highest BCUT2D eigenvalue weighted by atomic mass is 28.2. The van der Waals surface area contributed by atoms with Crippen LogP contribution in [0, 0.1) is 0 Å². The van der Waals surface area contributed by atoms with E-state index in [-0.39, 0.29) is 9.84 Å². The number of hydrogen-bond donors (Lipinski definition) is 1. The van der Waals surface area contributed by atoms with E-state index in [4.69, 9.17) is 0 Å². The Kier molecular flexibility index (Phi) is 7.55. The molecule has 1 unspecified atom stereocenters. The van der Waals surface area contributed by atoms with Crippen LogP contribution in [0.2, 0.25) is 0 Å². The molecule has 4 heteroatoms. The van der Waals surface area contributed by atoms with Gasteiger partial charge in [0.2, 0.25) is 0 Å². The van der Waals surface area contributed by atoms with Crippen molar-refractivity contribution >= 4 is 9.84 Å². The summed E-state index contributed by atoms with van der Waals surface area (Å²) in [6, 6.07) is 0. The Morgan fingerprint density at radius 1 is 1.23 bits per heavy atom. The molecule has 0 aromatic rings. The standard InChI is InChI=1S/C9H25N3Si/c1-6-10-9(4)12(8-3)13-11(5)7-2/h9-10H,6-8,13H2,1-5H3. The SMILES string of the molecule is CCNC(C)N(CC)[SiH2]N(C)CC. The van der Waals surface area contributed by atoms with E-state index >= 15 is 0 Å². The van der Waals surface area contributed by atoms with Crippen LogP contribution in [0.3, 0.4) is 0 Å². The molecule has 0 aromatic carbocycles. The molecule has 80 valence electrons. The van der Waals surface area contributed by atoms with Crippen molar-refractivity contribution in [3.8, 4) is 0 Å². The van der Waals surface area contributed by atoms with Crippen LogP contribution in [0.5, 0.6) is 0 Å². The van der Waals surface area contributed by atoms with Crippen LogP contribution >= 0.6 is 0 Å². The van der Waals surface area contributed by atoms with Gasteiger partial charge in [-0.05, 0) is 33.6 Å². The molecule has 0 aliphatic heterocycles. The van der Waals surface area contributed by atoms with Gasteiger partial charge in [0.1, 0.15) is 0 Å². The highest BCUT2D eigenvalue weighted by molar-refractivity contribution is 6.28. The van der Waals surface area contributed by atoms with Crippen LogP contribution in [0.1, 0.15) is 27.7 Å². The Hall–Kier alpha value is 0.0969. The van der Waals surface area contributed by atoms with Gasteiger partial charge < -0.3 is 14.4 Å². The summed E-state index contributed by atoms with van der Waals surface area (Å²) in [5.74, 6) is 0. The molecule has 0 bridgehead atoms. The topological polar surface area (TPSA) is 18.5 Å². The van der Waals surface area contributed by atoms with Gasteiger partial charge in [-0.2, -0.15) is 0 Å². The van der Waals surface area contributed by atoms with E-state index < -0.39 is 0 Å². The minimum atomic E-state index is -0.214. The molecule has 0 aliphatic carbocycles. The van der Waals surface area contributed by atoms with Crippen LogP contribution < -0.4 is 5.32 Å². The normalized spacial score (nSPS) is 15.0. The van der Waals surface area contributed by atoms with Gasteiger partial charge >= 0.3 is 0 Å². The first kappa shape index (κ1) is 13.1. The molecule has 0 saturated carbocycles. The molecule has 0 saturated heterocycles. The fourth-order valence-electron chi connectivity index (χ4n) is 1.33. The molecule has 0 heterocycles. The summed E-state index contributed by atoms with van der Waals surface area (Å²) in [6.07, 6.45) is 0.538. The van der Waals surface area contributed by atoms with Gasteiger partial charge in [0.05, 0.1) is 6.17 Å². The summed E-state index contributed by atoms with van der Waals surface area (Å²) < 4.78 is 5.02. The zero-order valence-electron chi connectivity index (χ0n) is 9.80. The van der Waals surface area contributed by atoms with Gasteiger partial charge in [0.25, 0.3) is 0 Å². The minimum absolute atomic E-state index is 0.214. The maximum absolute atomic E-state index is 3.46. The lowest BCUT2D eigenvalue weighted by Crippen LogP contribution is -2.50. The van der Waals surface area contributed by atoms with Gasteiger partial charge in [-0.15, -0.1) is 0 Å². The van der Waals surface area contributed by atoms with Crippen LogP contribution in [0.15, 0.2) is 0 Å². The first-order valence-electron chi connectivity index (χ1n) is 5.31. The first-order valence-corrected chi connectivity index (χ1v) is 6.58. The molecule has 0 spiro atoms. The zero-order valence-corrected chi connectivity index (χ0v) is 11.2. The minimum Gasteiger partial charge on any atom is -0.320 e. The van der Waals surface area contributed by atoms with Gasteiger partial charge in [0, 0.05) is 0 Å². The van der Waals surface area contributed by atoms with E-state index in [0.717, 1.165) is 13.1 Å². The Labute approximate surface area is 85.5 Å². The van der Waals surface area contributed by atoms with Crippen molar-refractivity contribution in [3.63, 3.8) is 0 Å². The van der Waals surface area contributed by atoms with E-state index in [1.807, 2.05) is 0 Å². The maximum Gasteiger partial charge on any atom is 0.173 e. The van der Waals surface area contributed by atoms with Crippen LogP contribution in [0.25, 0.3) is 0 Å². The Morgan fingerprint density at radius 2 is 1.85 bits per heavy atom. The fourth-order valence-corrected chi connectivity index (χ4v) is 2.73. The van der Waals surface area contributed by atoms with Crippen molar-refractivity contribution in [3.05, 3.63) is 0 Å².